The molecule has 1 aliphatic heterocycles. The van der Waals surface area contributed by atoms with E-state index in [-0.39, 0.29) is 21.3 Å². The number of benzene rings is 2. The number of aliphatic hydroxyl groups excluding tert-OH is 1. The highest BCUT2D eigenvalue weighted by Gasteiger charge is 2.47. The molecule has 0 unspecified atom stereocenters. The number of aliphatic hydroxyl groups is 1. The van der Waals surface area contributed by atoms with E-state index in [1.54, 1.807) is 55.5 Å². The Labute approximate surface area is 208 Å². The minimum atomic E-state index is -1.03. The van der Waals surface area contributed by atoms with Gasteiger partial charge in [0.05, 0.1) is 24.4 Å². The van der Waals surface area contributed by atoms with Crippen LogP contribution in [-0.4, -0.2) is 34.9 Å². The molecule has 3 heterocycles. The maximum atomic E-state index is 13.6. The molecule has 0 saturated carbocycles. The van der Waals surface area contributed by atoms with E-state index in [1.807, 2.05) is 6.07 Å². The van der Waals surface area contributed by atoms with Gasteiger partial charge < -0.3 is 14.3 Å². The average molecular weight is 509 g/mol. The molecule has 10 heteroatoms. The number of esters is 1. The van der Waals surface area contributed by atoms with E-state index < -0.39 is 29.5 Å². The molecule has 0 radical (unpaired) electrons. The average Bonchev–Trinajstić information content (AvgIpc) is 3.53. The normalized spacial score (nSPS) is 15.8. The van der Waals surface area contributed by atoms with Crippen molar-refractivity contribution in [2.75, 3.05) is 12.0 Å². The number of hydrogen-bond acceptors (Lipinski definition) is 8. The largest absolute Gasteiger partial charge is 0.503 e. The number of rotatable bonds is 5. The lowest BCUT2D eigenvalue weighted by molar-refractivity contribution is -0.117. The summed E-state index contributed by atoms with van der Waals surface area (Å²) in [4.78, 5) is 44.8. The number of aryl methyl sites for hydroxylation is 1. The first kappa shape index (κ1) is 22.8. The zero-order valence-electron chi connectivity index (χ0n) is 18.4. The molecule has 8 nitrogen and oxygen atoms in total. The maximum absolute atomic E-state index is 13.6. The van der Waals surface area contributed by atoms with Crippen molar-refractivity contribution in [2.24, 2.45) is 0 Å². The third-order valence-electron chi connectivity index (χ3n) is 5.65. The molecule has 2 aromatic carbocycles. The highest BCUT2D eigenvalue weighted by Crippen LogP contribution is 2.44. The predicted octanol–water partition coefficient (Wildman–Crippen LogP) is 5.42. The van der Waals surface area contributed by atoms with E-state index >= 15 is 0 Å². The Hall–Kier alpha value is -3.95. The molecule has 0 fully saturated rings. The van der Waals surface area contributed by atoms with Crippen LogP contribution in [0.25, 0.3) is 11.0 Å². The van der Waals surface area contributed by atoms with Crippen LogP contribution in [0.4, 0.5) is 5.13 Å². The van der Waals surface area contributed by atoms with E-state index in [9.17, 15) is 19.5 Å². The highest BCUT2D eigenvalue weighted by atomic mass is 35.5. The van der Waals surface area contributed by atoms with Gasteiger partial charge in [0.1, 0.15) is 10.5 Å². The zero-order valence-corrected chi connectivity index (χ0v) is 20.0. The van der Waals surface area contributed by atoms with Crippen LogP contribution in [0.1, 0.15) is 37.5 Å². The fourth-order valence-corrected chi connectivity index (χ4v) is 5.13. The Bertz CT molecular complexity index is 1500. The number of ether oxygens (including phenoxy) is 1. The lowest BCUT2D eigenvalue weighted by atomic mass is 9.95. The second kappa shape index (κ2) is 8.68. The SMILES string of the molecule is COC(=O)c1sc(N2C(=O)C(O)=C(C(=O)c3cc4ccccc4o3)[C@@H]2c2ccc(Cl)cc2)nc1C. The van der Waals surface area contributed by atoms with Gasteiger partial charge in [0, 0.05) is 10.4 Å². The summed E-state index contributed by atoms with van der Waals surface area (Å²) in [5, 5.41) is 12.2. The van der Waals surface area contributed by atoms with Crippen molar-refractivity contribution >= 4 is 56.7 Å². The van der Waals surface area contributed by atoms with E-state index in [1.165, 1.54) is 12.0 Å². The maximum Gasteiger partial charge on any atom is 0.350 e. The summed E-state index contributed by atoms with van der Waals surface area (Å²) in [6.07, 6.45) is 0. The van der Waals surface area contributed by atoms with Crippen molar-refractivity contribution < 1.29 is 28.6 Å². The number of hydrogen-bond donors (Lipinski definition) is 1. The van der Waals surface area contributed by atoms with Crippen LogP contribution in [0, 0.1) is 6.92 Å². The number of Topliss-reactive ketones (excluding diaryl/α,β-unsaturated/α-hetero) is 1. The van der Waals surface area contributed by atoms with Gasteiger partial charge in [-0.3, -0.25) is 14.5 Å². The molecule has 2 aromatic heterocycles. The molecule has 1 N–H and O–H groups in total. The number of para-hydroxylation sites is 1. The van der Waals surface area contributed by atoms with E-state index in [2.05, 4.69) is 4.98 Å². The molecule has 4 aromatic rings. The van der Waals surface area contributed by atoms with E-state index in [0.717, 1.165) is 11.3 Å². The summed E-state index contributed by atoms with van der Waals surface area (Å²) in [5.74, 6) is -2.81. The van der Waals surface area contributed by atoms with E-state index in [4.69, 9.17) is 20.8 Å². The summed E-state index contributed by atoms with van der Waals surface area (Å²) in [7, 11) is 1.25. The fourth-order valence-electron chi connectivity index (χ4n) is 3.99. The van der Waals surface area contributed by atoms with Crippen molar-refractivity contribution in [1.29, 1.82) is 0 Å². The molecular weight excluding hydrogens is 492 g/mol. The lowest BCUT2D eigenvalue weighted by Crippen LogP contribution is -2.31. The minimum Gasteiger partial charge on any atom is -0.503 e. The van der Waals surface area contributed by atoms with Crippen LogP contribution in [0.2, 0.25) is 5.02 Å². The topological polar surface area (TPSA) is 110 Å². The number of anilines is 1. The Morgan fingerprint density at radius 3 is 2.57 bits per heavy atom. The number of halogens is 1. The van der Waals surface area contributed by atoms with Gasteiger partial charge in [0.25, 0.3) is 5.91 Å². The molecule has 1 amide bonds. The Balaban J connectivity index is 1.65. The molecule has 0 aliphatic carbocycles. The van der Waals surface area contributed by atoms with Crippen molar-refractivity contribution in [3.8, 4) is 0 Å². The van der Waals surface area contributed by atoms with Crippen LogP contribution in [0.5, 0.6) is 0 Å². The summed E-state index contributed by atoms with van der Waals surface area (Å²) in [5.41, 5.74) is 1.21. The van der Waals surface area contributed by atoms with Crippen LogP contribution >= 0.6 is 22.9 Å². The van der Waals surface area contributed by atoms with Gasteiger partial charge in [-0.15, -0.1) is 0 Å². The number of aromatic nitrogens is 1. The molecule has 1 atom stereocenters. The summed E-state index contributed by atoms with van der Waals surface area (Å²) < 4.78 is 10.5. The summed E-state index contributed by atoms with van der Waals surface area (Å²) >= 11 is 6.99. The van der Waals surface area contributed by atoms with Crippen molar-refractivity contribution in [2.45, 2.75) is 13.0 Å². The Morgan fingerprint density at radius 1 is 1.17 bits per heavy atom. The predicted molar refractivity (Wildman–Crippen MR) is 130 cm³/mol. The van der Waals surface area contributed by atoms with Gasteiger partial charge in [-0.1, -0.05) is 53.3 Å². The number of furan rings is 1. The number of thiazole rings is 1. The molecule has 35 heavy (non-hydrogen) atoms. The number of fused-ring (bicyclic) bond motifs is 1. The number of amides is 1. The van der Waals surface area contributed by atoms with Gasteiger partial charge in [-0.2, -0.15) is 0 Å². The number of methoxy groups -OCH3 is 1. The van der Waals surface area contributed by atoms with Crippen molar-refractivity contribution in [3.63, 3.8) is 0 Å². The van der Waals surface area contributed by atoms with Crippen LogP contribution in [0.15, 0.2) is 70.3 Å². The zero-order chi connectivity index (χ0) is 24.9. The van der Waals surface area contributed by atoms with Crippen molar-refractivity contribution in [3.05, 3.63) is 92.8 Å². The molecule has 0 bridgehead atoms. The molecular formula is C25H17ClN2O6S. The molecule has 5 rings (SSSR count). The first-order valence-corrected chi connectivity index (χ1v) is 11.6. The van der Waals surface area contributed by atoms with Crippen LogP contribution in [0.3, 0.4) is 0 Å². The lowest BCUT2D eigenvalue weighted by Gasteiger charge is -2.24. The van der Waals surface area contributed by atoms with Crippen LogP contribution < -0.4 is 4.90 Å². The van der Waals surface area contributed by atoms with Gasteiger partial charge in [-0.05, 0) is 36.8 Å². The monoisotopic (exact) mass is 508 g/mol. The number of nitrogens with zero attached hydrogens (tertiary/aromatic N) is 2. The molecule has 0 spiro atoms. The smallest absolute Gasteiger partial charge is 0.350 e. The highest BCUT2D eigenvalue weighted by molar-refractivity contribution is 7.17. The number of ketones is 1. The minimum absolute atomic E-state index is 0.0214. The molecule has 176 valence electrons. The quantitative estimate of drug-likeness (QED) is 0.283. The van der Waals surface area contributed by atoms with E-state index in [0.29, 0.717) is 27.2 Å². The van der Waals surface area contributed by atoms with Crippen molar-refractivity contribution in [1.82, 2.24) is 4.98 Å². The fraction of sp³-hybridized carbons (Fsp3) is 0.120. The standard InChI is InChI=1S/C25H17ClN2O6S/c1-12-22(24(32)33-2)35-25(27-12)28-19(13-7-9-15(26)10-8-13)18(21(30)23(28)31)20(29)17-11-14-5-3-4-6-16(14)34-17/h3-11,19,30H,1-2H3/t19-/m0/s1. The first-order valence-electron chi connectivity index (χ1n) is 10.4. The van der Waals surface area contributed by atoms with Crippen LogP contribution in [-0.2, 0) is 9.53 Å². The first-order chi connectivity index (χ1) is 16.8. The number of carbonyl (C=O) groups is 3. The summed E-state index contributed by atoms with van der Waals surface area (Å²) in [6.45, 7) is 1.61. The third-order valence-corrected chi connectivity index (χ3v) is 7.04. The number of carbonyl (C=O) groups excluding carboxylic acids is 3. The van der Waals surface area contributed by atoms with Gasteiger partial charge >= 0.3 is 5.97 Å². The van der Waals surface area contributed by atoms with Gasteiger partial charge in [-0.25, -0.2) is 9.78 Å². The summed E-state index contributed by atoms with van der Waals surface area (Å²) in [6, 6.07) is 14.2. The Kier molecular flexibility index (Phi) is 5.66. The second-order valence-electron chi connectivity index (χ2n) is 7.77. The Morgan fingerprint density at radius 2 is 1.89 bits per heavy atom. The second-order valence-corrected chi connectivity index (χ2v) is 9.19. The molecule has 1 aliphatic rings. The van der Waals surface area contributed by atoms with Gasteiger partial charge in [0.15, 0.2) is 16.7 Å². The third kappa shape index (κ3) is 3.78. The van der Waals surface area contributed by atoms with Gasteiger partial charge in [0.2, 0.25) is 5.78 Å². The molecule has 0 saturated heterocycles.